The summed E-state index contributed by atoms with van der Waals surface area (Å²) in [4.78, 5) is 11.2. The molecule has 2 heterocycles. The molecule has 1 fully saturated rings. The van der Waals surface area contributed by atoms with E-state index in [2.05, 4.69) is 64.4 Å². The summed E-state index contributed by atoms with van der Waals surface area (Å²) in [6, 6.07) is 11.8. The summed E-state index contributed by atoms with van der Waals surface area (Å²) in [6.45, 7) is 5.31. The zero-order valence-electron chi connectivity index (χ0n) is 12.5. The number of nitrogens with one attached hydrogen (secondary N) is 1. The van der Waals surface area contributed by atoms with Gasteiger partial charge in [0.05, 0.1) is 6.04 Å². The predicted molar refractivity (Wildman–Crippen MR) is 84.7 cm³/mol. The van der Waals surface area contributed by atoms with Crippen LogP contribution in [0.3, 0.4) is 0 Å². The molecule has 2 aliphatic rings. The van der Waals surface area contributed by atoms with Gasteiger partial charge in [0.15, 0.2) is 0 Å². The minimum Gasteiger partial charge on any atom is -0.368 e. The van der Waals surface area contributed by atoms with Crippen molar-refractivity contribution in [3.63, 3.8) is 0 Å². The van der Waals surface area contributed by atoms with Crippen LogP contribution >= 0.6 is 0 Å². The monoisotopic (exact) mass is 280 g/mol. The fraction of sp³-hybridized carbons (Fsp3) is 0.412. The lowest BCUT2D eigenvalue weighted by Crippen LogP contribution is -2.28. The Labute approximate surface area is 125 Å². The Kier molecular flexibility index (Phi) is 2.84. The minimum absolute atomic E-state index is 0.378. The molecule has 2 bridgehead atoms. The molecule has 1 aliphatic carbocycles. The molecular formula is C17H20N4. The number of hydrogen-bond acceptors (Lipinski definition) is 4. The third-order valence-electron chi connectivity index (χ3n) is 4.48. The van der Waals surface area contributed by atoms with Crippen LogP contribution in [0.4, 0.5) is 11.6 Å². The summed E-state index contributed by atoms with van der Waals surface area (Å²) in [5, 5.41) is 3.35. The van der Waals surface area contributed by atoms with Crippen molar-refractivity contribution in [1.29, 1.82) is 0 Å². The Balaban J connectivity index is 1.65. The number of fused-ring (bicyclic) bond motifs is 5. The van der Waals surface area contributed by atoms with E-state index in [-0.39, 0.29) is 0 Å². The first-order valence-corrected chi connectivity index (χ1v) is 7.66. The van der Waals surface area contributed by atoms with E-state index >= 15 is 0 Å². The molecule has 1 aliphatic heterocycles. The first kappa shape index (κ1) is 12.6. The average Bonchev–Trinajstić information content (AvgIpc) is 3.06. The second-order valence-corrected chi connectivity index (χ2v) is 6.29. The van der Waals surface area contributed by atoms with E-state index in [4.69, 9.17) is 0 Å². The van der Waals surface area contributed by atoms with Crippen molar-refractivity contribution >= 4 is 11.6 Å². The molecule has 4 heteroatoms. The van der Waals surface area contributed by atoms with Crippen LogP contribution in [-0.4, -0.2) is 22.6 Å². The van der Waals surface area contributed by atoms with Gasteiger partial charge in [-0.05, 0) is 31.4 Å². The molecule has 2 aromatic rings. The summed E-state index contributed by atoms with van der Waals surface area (Å²) >= 11 is 0. The highest BCUT2D eigenvalue weighted by molar-refractivity contribution is 5.56. The van der Waals surface area contributed by atoms with Crippen LogP contribution in [0.15, 0.2) is 36.7 Å². The van der Waals surface area contributed by atoms with E-state index in [1.54, 1.807) is 6.33 Å². The van der Waals surface area contributed by atoms with E-state index in [1.807, 2.05) is 0 Å². The minimum atomic E-state index is 0.378. The maximum Gasteiger partial charge on any atom is 0.134 e. The van der Waals surface area contributed by atoms with Crippen molar-refractivity contribution in [1.82, 2.24) is 9.97 Å². The average molecular weight is 280 g/mol. The highest BCUT2D eigenvalue weighted by atomic mass is 15.3. The lowest BCUT2D eigenvalue weighted by atomic mass is 9.99. The largest absolute Gasteiger partial charge is 0.368 e. The van der Waals surface area contributed by atoms with Gasteiger partial charge in [-0.2, -0.15) is 0 Å². The van der Waals surface area contributed by atoms with Crippen LogP contribution in [0.25, 0.3) is 0 Å². The molecule has 1 aromatic carbocycles. The van der Waals surface area contributed by atoms with Gasteiger partial charge < -0.3 is 10.2 Å². The maximum absolute atomic E-state index is 4.50. The molecule has 108 valence electrons. The Morgan fingerprint density at radius 2 is 2.00 bits per heavy atom. The molecule has 0 spiro atoms. The molecule has 1 aromatic heterocycles. The fourth-order valence-electron chi connectivity index (χ4n) is 3.67. The molecule has 2 atom stereocenters. The number of benzene rings is 1. The second-order valence-electron chi connectivity index (χ2n) is 6.29. The van der Waals surface area contributed by atoms with Gasteiger partial charge in [0.1, 0.15) is 18.0 Å². The highest BCUT2D eigenvalue weighted by Gasteiger charge is 2.42. The van der Waals surface area contributed by atoms with Crippen molar-refractivity contribution in [2.45, 2.75) is 38.3 Å². The van der Waals surface area contributed by atoms with Crippen molar-refractivity contribution in [2.24, 2.45) is 0 Å². The molecule has 0 saturated carbocycles. The molecule has 4 nitrogen and oxygen atoms in total. The van der Waals surface area contributed by atoms with E-state index in [1.165, 1.54) is 17.5 Å². The van der Waals surface area contributed by atoms with Crippen LogP contribution < -0.4 is 10.2 Å². The zero-order valence-corrected chi connectivity index (χ0v) is 12.5. The normalized spacial score (nSPS) is 22.7. The second kappa shape index (κ2) is 4.72. The fourth-order valence-corrected chi connectivity index (χ4v) is 3.67. The van der Waals surface area contributed by atoms with Crippen molar-refractivity contribution in [3.8, 4) is 0 Å². The molecule has 0 amide bonds. The van der Waals surface area contributed by atoms with Gasteiger partial charge >= 0.3 is 0 Å². The Morgan fingerprint density at radius 3 is 2.81 bits per heavy atom. The Hall–Kier alpha value is -2.10. The summed E-state index contributed by atoms with van der Waals surface area (Å²) in [6.07, 6.45) is 2.88. The first-order valence-electron chi connectivity index (χ1n) is 7.66. The van der Waals surface area contributed by atoms with Gasteiger partial charge in [0.2, 0.25) is 0 Å². The molecule has 0 radical (unpaired) electrons. The molecule has 1 N–H and O–H groups in total. The van der Waals surface area contributed by atoms with Crippen LogP contribution in [0.1, 0.15) is 43.4 Å². The van der Waals surface area contributed by atoms with Gasteiger partial charge in [-0.15, -0.1) is 0 Å². The maximum atomic E-state index is 4.50. The Bertz CT molecular complexity index is 667. The van der Waals surface area contributed by atoms with Crippen molar-refractivity contribution in [3.05, 3.63) is 47.8 Å². The lowest BCUT2D eigenvalue weighted by Gasteiger charge is -2.30. The van der Waals surface area contributed by atoms with Crippen molar-refractivity contribution < 1.29 is 0 Å². The van der Waals surface area contributed by atoms with Crippen molar-refractivity contribution in [2.75, 3.05) is 16.8 Å². The van der Waals surface area contributed by atoms with E-state index < -0.39 is 0 Å². The van der Waals surface area contributed by atoms with Gasteiger partial charge in [0.25, 0.3) is 0 Å². The molecule has 1 saturated heterocycles. The molecular weight excluding hydrogens is 260 g/mol. The van der Waals surface area contributed by atoms with Crippen LogP contribution in [0.5, 0.6) is 0 Å². The summed E-state index contributed by atoms with van der Waals surface area (Å²) in [7, 11) is 0. The van der Waals surface area contributed by atoms with E-state index in [0.717, 1.165) is 18.2 Å². The van der Waals surface area contributed by atoms with Crippen LogP contribution in [0.2, 0.25) is 0 Å². The summed E-state index contributed by atoms with van der Waals surface area (Å²) in [5.41, 5.74) is 3.01. The van der Waals surface area contributed by atoms with Gasteiger partial charge in [0, 0.05) is 24.6 Å². The van der Waals surface area contributed by atoms with Crippen LogP contribution in [0, 0.1) is 0 Å². The molecule has 21 heavy (non-hydrogen) atoms. The number of nitrogens with zero attached hydrogens (tertiary/aromatic N) is 3. The number of hydrogen-bond donors (Lipinski definition) is 1. The summed E-state index contributed by atoms with van der Waals surface area (Å²) < 4.78 is 0. The standard InChI is InChI=1S/C17H20N4/c1-11(2)20-16-8-17(19-10-18-16)21-9-12-7-15(21)14-6-4-3-5-13(12)14/h3-6,8,10-12,15H,7,9H2,1-2H3,(H,18,19,20)/t12-,15+/m1/s1. The third-order valence-corrected chi connectivity index (χ3v) is 4.48. The smallest absolute Gasteiger partial charge is 0.134 e. The summed E-state index contributed by atoms with van der Waals surface area (Å²) in [5.74, 6) is 2.60. The number of rotatable bonds is 3. The highest BCUT2D eigenvalue weighted by Crippen LogP contribution is 2.51. The van der Waals surface area contributed by atoms with E-state index in [0.29, 0.717) is 18.0 Å². The van der Waals surface area contributed by atoms with Crippen LogP contribution in [-0.2, 0) is 0 Å². The first-order chi connectivity index (χ1) is 10.2. The number of anilines is 2. The molecule has 4 rings (SSSR count). The van der Waals surface area contributed by atoms with Gasteiger partial charge in [-0.3, -0.25) is 0 Å². The third kappa shape index (κ3) is 2.06. The van der Waals surface area contributed by atoms with E-state index in [9.17, 15) is 0 Å². The zero-order chi connectivity index (χ0) is 14.4. The quantitative estimate of drug-likeness (QED) is 0.936. The molecule has 0 unspecified atom stereocenters. The van der Waals surface area contributed by atoms with Gasteiger partial charge in [-0.25, -0.2) is 9.97 Å². The predicted octanol–water partition coefficient (Wildman–Crippen LogP) is 3.35. The Morgan fingerprint density at radius 1 is 1.19 bits per heavy atom. The SMILES string of the molecule is CC(C)Nc1cc(N2C[C@H]3C[C@H]2c2ccccc23)ncn1. The van der Waals surface area contributed by atoms with Gasteiger partial charge in [-0.1, -0.05) is 24.3 Å². The topological polar surface area (TPSA) is 41.0 Å². The number of aromatic nitrogens is 2. The lowest BCUT2D eigenvalue weighted by molar-refractivity contribution is 0.728.